The number of hydrogen-bond donors (Lipinski definition) is 1. The average molecular weight is 375 g/mol. The second-order valence-electron chi connectivity index (χ2n) is 5.41. The summed E-state index contributed by atoms with van der Waals surface area (Å²) in [6.07, 6.45) is 1.28. The first-order valence-corrected chi connectivity index (χ1v) is 9.17. The number of nitrogens with one attached hydrogen (secondary N) is 1. The molecule has 0 saturated carbocycles. The van der Waals surface area contributed by atoms with Crippen LogP contribution in [0.2, 0.25) is 5.02 Å². The Morgan fingerprint density at radius 3 is 3.04 bits per heavy atom. The number of hydrogen-bond acceptors (Lipinski definition) is 5. The number of methoxy groups -OCH3 is 1. The molecule has 0 aliphatic carbocycles. The van der Waals surface area contributed by atoms with E-state index in [9.17, 15) is 12.8 Å². The van der Waals surface area contributed by atoms with Crippen molar-refractivity contribution in [1.29, 1.82) is 0 Å². The Kier molecular flexibility index (Phi) is 4.86. The van der Waals surface area contributed by atoms with Crippen LogP contribution in [0.3, 0.4) is 0 Å². The average Bonchev–Trinajstić information content (AvgIpc) is 2.93. The smallest absolute Gasteiger partial charge is 0.244 e. The molecule has 1 aliphatic rings. The SMILES string of the molecule is COCc1nc2n(n1)CCCC2NS(=O)(=O)c1cccc(Cl)c1F. The van der Waals surface area contributed by atoms with E-state index in [4.69, 9.17) is 16.3 Å². The Bertz CT molecular complexity index is 856. The molecular weight excluding hydrogens is 359 g/mol. The summed E-state index contributed by atoms with van der Waals surface area (Å²) >= 11 is 5.67. The fourth-order valence-corrected chi connectivity index (χ4v) is 4.20. The number of ether oxygens (including phenoxy) is 1. The molecule has 0 bridgehead atoms. The first kappa shape index (κ1) is 17.3. The van der Waals surface area contributed by atoms with Crippen LogP contribution < -0.4 is 4.72 Å². The molecule has 1 unspecified atom stereocenters. The highest BCUT2D eigenvalue weighted by Crippen LogP contribution is 2.27. The van der Waals surface area contributed by atoms with Gasteiger partial charge in [-0.2, -0.15) is 5.10 Å². The van der Waals surface area contributed by atoms with E-state index in [1.807, 2.05) is 0 Å². The van der Waals surface area contributed by atoms with Gasteiger partial charge >= 0.3 is 0 Å². The minimum Gasteiger partial charge on any atom is -0.377 e. The van der Waals surface area contributed by atoms with Gasteiger partial charge in [0.05, 0.1) is 11.1 Å². The molecule has 0 radical (unpaired) electrons. The molecule has 0 saturated heterocycles. The van der Waals surface area contributed by atoms with Crippen molar-refractivity contribution in [2.24, 2.45) is 0 Å². The summed E-state index contributed by atoms with van der Waals surface area (Å²) in [7, 11) is -2.55. The lowest BCUT2D eigenvalue weighted by Crippen LogP contribution is -2.33. The molecule has 24 heavy (non-hydrogen) atoms. The van der Waals surface area contributed by atoms with Gasteiger partial charge in [-0.1, -0.05) is 17.7 Å². The Morgan fingerprint density at radius 1 is 1.50 bits per heavy atom. The number of nitrogens with zero attached hydrogens (tertiary/aromatic N) is 3. The summed E-state index contributed by atoms with van der Waals surface area (Å²) in [5, 5.41) is 4.03. The van der Waals surface area contributed by atoms with Crippen molar-refractivity contribution in [1.82, 2.24) is 19.5 Å². The van der Waals surface area contributed by atoms with Gasteiger partial charge in [0.25, 0.3) is 0 Å². The van der Waals surface area contributed by atoms with E-state index in [2.05, 4.69) is 14.8 Å². The Morgan fingerprint density at radius 2 is 2.29 bits per heavy atom. The van der Waals surface area contributed by atoms with E-state index >= 15 is 0 Å². The van der Waals surface area contributed by atoms with Gasteiger partial charge in [-0.15, -0.1) is 0 Å². The molecule has 10 heteroatoms. The predicted molar refractivity (Wildman–Crippen MR) is 84.4 cm³/mol. The summed E-state index contributed by atoms with van der Waals surface area (Å²) in [5.74, 6) is 0.0101. The fraction of sp³-hybridized carbons (Fsp3) is 0.429. The van der Waals surface area contributed by atoms with Gasteiger partial charge < -0.3 is 4.74 Å². The van der Waals surface area contributed by atoms with E-state index in [0.717, 1.165) is 6.42 Å². The molecule has 1 N–H and O–H groups in total. The van der Waals surface area contributed by atoms with Crippen molar-refractivity contribution in [3.63, 3.8) is 0 Å². The van der Waals surface area contributed by atoms with Crippen molar-refractivity contribution in [3.8, 4) is 0 Å². The number of halogens is 2. The van der Waals surface area contributed by atoms with E-state index in [0.29, 0.717) is 24.6 Å². The van der Waals surface area contributed by atoms with Crippen LogP contribution >= 0.6 is 11.6 Å². The Hall–Kier alpha value is -1.55. The van der Waals surface area contributed by atoms with Gasteiger partial charge in [0.2, 0.25) is 10.0 Å². The van der Waals surface area contributed by atoms with Crippen LogP contribution in [0.4, 0.5) is 4.39 Å². The number of aromatic nitrogens is 3. The van der Waals surface area contributed by atoms with Crippen LogP contribution in [0.1, 0.15) is 30.5 Å². The molecule has 0 spiro atoms. The van der Waals surface area contributed by atoms with Gasteiger partial charge in [0.15, 0.2) is 11.6 Å². The molecule has 130 valence electrons. The monoisotopic (exact) mass is 374 g/mol. The van der Waals surface area contributed by atoms with Crippen LogP contribution in [0.15, 0.2) is 23.1 Å². The molecule has 1 aromatic carbocycles. The molecular formula is C14H16ClFN4O3S. The van der Waals surface area contributed by atoms with Crippen LogP contribution in [0, 0.1) is 5.82 Å². The van der Waals surface area contributed by atoms with Crippen LogP contribution in [-0.4, -0.2) is 30.3 Å². The van der Waals surface area contributed by atoms with Crippen molar-refractivity contribution < 1.29 is 17.5 Å². The second-order valence-corrected chi connectivity index (χ2v) is 7.50. The van der Waals surface area contributed by atoms with E-state index in [-0.39, 0.29) is 11.6 Å². The third-order valence-electron chi connectivity index (χ3n) is 3.70. The minimum atomic E-state index is -4.08. The fourth-order valence-electron chi connectivity index (χ4n) is 2.64. The molecule has 1 aliphatic heterocycles. The number of fused-ring (bicyclic) bond motifs is 1. The lowest BCUT2D eigenvalue weighted by Gasteiger charge is -2.23. The Labute approximate surface area is 143 Å². The quantitative estimate of drug-likeness (QED) is 0.865. The zero-order valence-electron chi connectivity index (χ0n) is 12.9. The highest BCUT2D eigenvalue weighted by Gasteiger charge is 2.30. The normalized spacial score (nSPS) is 17.7. The summed E-state index contributed by atoms with van der Waals surface area (Å²) in [6.45, 7) is 0.887. The van der Waals surface area contributed by atoms with Crippen molar-refractivity contribution in [3.05, 3.63) is 40.7 Å². The van der Waals surface area contributed by atoms with Crippen molar-refractivity contribution >= 4 is 21.6 Å². The first-order chi connectivity index (χ1) is 11.4. The van der Waals surface area contributed by atoms with Gasteiger partial charge in [0, 0.05) is 13.7 Å². The number of rotatable bonds is 5. The molecule has 1 atom stereocenters. The highest BCUT2D eigenvalue weighted by atomic mass is 35.5. The third kappa shape index (κ3) is 3.30. The van der Waals surface area contributed by atoms with E-state index < -0.39 is 26.8 Å². The number of benzene rings is 1. The first-order valence-electron chi connectivity index (χ1n) is 7.31. The zero-order valence-corrected chi connectivity index (χ0v) is 14.4. The lowest BCUT2D eigenvalue weighted by atomic mass is 10.1. The molecule has 2 heterocycles. The maximum Gasteiger partial charge on any atom is 0.244 e. The maximum atomic E-state index is 14.1. The van der Waals surface area contributed by atoms with Crippen molar-refractivity contribution in [2.75, 3.05) is 7.11 Å². The molecule has 0 amide bonds. The summed E-state index contributed by atoms with van der Waals surface area (Å²) < 4.78 is 48.3. The summed E-state index contributed by atoms with van der Waals surface area (Å²) in [5.41, 5.74) is 0. The largest absolute Gasteiger partial charge is 0.377 e. The van der Waals surface area contributed by atoms with Gasteiger partial charge in [-0.05, 0) is 25.0 Å². The van der Waals surface area contributed by atoms with E-state index in [1.54, 1.807) is 4.68 Å². The van der Waals surface area contributed by atoms with E-state index in [1.165, 1.54) is 25.3 Å². The predicted octanol–water partition coefficient (Wildman–Crippen LogP) is 2.03. The maximum absolute atomic E-state index is 14.1. The van der Waals surface area contributed by atoms with Crippen molar-refractivity contribution in [2.45, 2.75) is 36.9 Å². The molecule has 3 rings (SSSR count). The van der Waals surface area contributed by atoms with Crippen LogP contribution in [0.25, 0.3) is 0 Å². The molecule has 1 aromatic heterocycles. The minimum absolute atomic E-state index is 0.238. The lowest BCUT2D eigenvalue weighted by molar-refractivity contribution is 0.177. The molecule has 2 aromatic rings. The number of sulfonamides is 1. The zero-order chi connectivity index (χ0) is 17.3. The van der Waals surface area contributed by atoms with Crippen LogP contribution in [-0.2, 0) is 27.9 Å². The van der Waals surface area contributed by atoms with Crippen LogP contribution in [0.5, 0.6) is 0 Å². The Balaban J connectivity index is 1.90. The second kappa shape index (κ2) is 6.75. The highest BCUT2D eigenvalue weighted by molar-refractivity contribution is 7.89. The molecule has 0 fully saturated rings. The van der Waals surface area contributed by atoms with Gasteiger partial charge in [-0.25, -0.2) is 27.2 Å². The summed E-state index contributed by atoms with van der Waals surface area (Å²) in [4.78, 5) is 3.84. The third-order valence-corrected chi connectivity index (χ3v) is 5.48. The van der Waals surface area contributed by atoms with Gasteiger partial charge in [-0.3, -0.25) is 0 Å². The number of aryl methyl sites for hydroxylation is 1. The topological polar surface area (TPSA) is 86.1 Å². The summed E-state index contributed by atoms with van der Waals surface area (Å²) in [6, 6.07) is 3.28. The standard InChI is InChI=1S/C14H16ClFN4O3S/c1-23-8-12-17-14-10(5-3-7-20(14)18-12)19-24(21,22)11-6-2-4-9(15)13(11)16/h2,4,6,10,19H,3,5,7-8H2,1H3. The molecule has 7 nitrogen and oxygen atoms in total. The van der Waals surface area contributed by atoms with Gasteiger partial charge in [0.1, 0.15) is 17.3 Å².